The molecule has 130 valence electrons. The fraction of sp³-hybridized carbons (Fsp3) is 0.0909. The Hall–Kier alpha value is -2.29. The van der Waals surface area contributed by atoms with Crippen LogP contribution < -0.4 is 4.46 Å². The normalized spacial score (nSPS) is 18.1. The van der Waals surface area contributed by atoms with E-state index in [1.165, 1.54) is 20.1 Å². The van der Waals surface area contributed by atoms with Gasteiger partial charge in [-0.05, 0) is 0 Å². The van der Waals surface area contributed by atoms with Crippen molar-refractivity contribution in [3.05, 3.63) is 101 Å². The molecule has 1 heterocycles. The average Bonchev–Trinajstić information content (AvgIpc) is 3.01. The van der Waals surface area contributed by atoms with Gasteiger partial charge in [-0.25, -0.2) is 0 Å². The van der Waals surface area contributed by atoms with Crippen LogP contribution in [0.4, 0.5) is 13.2 Å². The van der Waals surface area contributed by atoms with Gasteiger partial charge in [-0.1, -0.05) is 0 Å². The zero-order chi connectivity index (χ0) is 18.1. The van der Waals surface area contributed by atoms with Gasteiger partial charge in [0.25, 0.3) is 0 Å². The van der Waals surface area contributed by atoms with Gasteiger partial charge in [0.2, 0.25) is 0 Å². The first-order chi connectivity index (χ1) is 12.5. The fourth-order valence-electron chi connectivity index (χ4n) is 3.12. The number of alkyl halides is 3. The molecule has 4 heteroatoms. The van der Waals surface area contributed by atoms with E-state index in [1.54, 1.807) is 12.1 Å². The minimum atomic E-state index is -4.30. The molecule has 0 bridgehead atoms. The third-order valence-electron chi connectivity index (χ3n) is 4.41. The SMILES string of the molecule is FC(F)(F)c1ccc(/C=C2/c3ccccc3C[Se+]2c2ccccc2)cc1. The molecule has 1 atom stereocenters. The van der Waals surface area contributed by atoms with Crippen LogP contribution in [-0.2, 0) is 11.5 Å². The summed E-state index contributed by atoms with van der Waals surface area (Å²) in [6, 6.07) is 24.2. The van der Waals surface area contributed by atoms with Crippen LogP contribution in [0.2, 0.25) is 0 Å². The number of benzene rings is 3. The number of hydrogen-bond acceptors (Lipinski definition) is 0. The molecule has 3 aromatic rings. The quantitative estimate of drug-likeness (QED) is 0.499. The summed E-state index contributed by atoms with van der Waals surface area (Å²) >= 11 is -1.25. The van der Waals surface area contributed by atoms with Crippen LogP contribution >= 0.6 is 0 Å². The number of rotatable bonds is 2. The zero-order valence-corrected chi connectivity index (χ0v) is 15.5. The summed E-state index contributed by atoms with van der Waals surface area (Å²) in [7, 11) is 0. The molecular formula is C22H16F3Se+. The monoisotopic (exact) mass is 417 g/mol. The van der Waals surface area contributed by atoms with Gasteiger partial charge in [-0.15, -0.1) is 0 Å². The maximum absolute atomic E-state index is 12.8. The van der Waals surface area contributed by atoms with E-state index in [1.807, 2.05) is 18.2 Å². The summed E-state index contributed by atoms with van der Waals surface area (Å²) in [6.45, 7) is 0. The van der Waals surface area contributed by atoms with Crippen LogP contribution in [0.15, 0.2) is 78.9 Å². The standard InChI is InChI=1S/C22H16F3Se/c23-22(24,25)18-12-10-16(11-13-18)14-21-20-9-5-4-6-17(20)15-26(21)19-7-2-1-3-8-19/h1-14H,15H2/q+1/b21-14-. The van der Waals surface area contributed by atoms with E-state index in [4.69, 9.17) is 0 Å². The summed E-state index contributed by atoms with van der Waals surface area (Å²) in [5, 5.41) is 1.03. The second kappa shape index (κ2) is 6.79. The van der Waals surface area contributed by atoms with Crippen LogP contribution in [0.25, 0.3) is 10.5 Å². The third-order valence-corrected chi connectivity index (χ3v) is 9.26. The Morgan fingerprint density at radius 1 is 0.769 bits per heavy atom. The fourth-order valence-corrected chi connectivity index (χ4v) is 8.08. The Morgan fingerprint density at radius 2 is 1.42 bits per heavy atom. The molecule has 0 nitrogen and oxygen atoms in total. The van der Waals surface area contributed by atoms with Gasteiger partial charge in [0.05, 0.1) is 0 Å². The Morgan fingerprint density at radius 3 is 2.12 bits per heavy atom. The maximum atomic E-state index is 12.8. The van der Waals surface area contributed by atoms with Gasteiger partial charge in [-0.2, -0.15) is 0 Å². The summed E-state index contributed by atoms with van der Waals surface area (Å²) in [6.07, 6.45) is -2.23. The summed E-state index contributed by atoms with van der Waals surface area (Å²) in [5.41, 5.74) is 2.78. The molecule has 1 aliphatic heterocycles. The van der Waals surface area contributed by atoms with Gasteiger partial charge in [0.15, 0.2) is 0 Å². The Kier molecular flexibility index (Phi) is 4.47. The first kappa shape index (κ1) is 17.1. The van der Waals surface area contributed by atoms with Gasteiger partial charge in [0.1, 0.15) is 0 Å². The number of fused-ring (bicyclic) bond motifs is 1. The van der Waals surface area contributed by atoms with Crippen LogP contribution in [-0.4, -0.2) is 13.9 Å². The molecule has 0 fully saturated rings. The van der Waals surface area contributed by atoms with Crippen LogP contribution in [0, 0.1) is 0 Å². The molecule has 0 aliphatic carbocycles. The number of hydrogen-bond donors (Lipinski definition) is 0. The summed E-state index contributed by atoms with van der Waals surface area (Å²) < 4.78 is 41.0. The third kappa shape index (κ3) is 3.35. The van der Waals surface area contributed by atoms with Crippen LogP contribution in [0.3, 0.4) is 0 Å². The molecule has 0 spiro atoms. The molecule has 0 saturated carbocycles. The van der Waals surface area contributed by atoms with E-state index in [9.17, 15) is 13.2 Å². The molecule has 0 amide bonds. The van der Waals surface area contributed by atoms with E-state index < -0.39 is 25.6 Å². The molecule has 26 heavy (non-hydrogen) atoms. The summed E-state index contributed by atoms with van der Waals surface area (Å²) in [4.78, 5) is 0. The number of halogens is 3. The predicted molar refractivity (Wildman–Crippen MR) is 101 cm³/mol. The molecule has 0 aromatic heterocycles. The van der Waals surface area contributed by atoms with Crippen molar-refractivity contribution < 1.29 is 13.2 Å². The Bertz CT molecular complexity index is 941. The molecule has 4 rings (SSSR count). The van der Waals surface area contributed by atoms with Crippen molar-refractivity contribution >= 4 is 28.9 Å². The van der Waals surface area contributed by atoms with E-state index in [2.05, 4.69) is 42.5 Å². The van der Waals surface area contributed by atoms with Crippen molar-refractivity contribution in [1.29, 1.82) is 0 Å². The first-order valence-electron chi connectivity index (χ1n) is 8.25. The van der Waals surface area contributed by atoms with Gasteiger partial charge < -0.3 is 0 Å². The molecular weight excluding hydrogens is 400 g/mol. The summed E-state index contributed by atoms with van der Waals surface area (Å²) in [5.74, 6) is 0. The van der Waals surface area contributed by atoms with Gasteiger partial charge >= 0.3 is 155 Å². The molecule has 3 aromatic carbocycles. The van der Waals surface area contributed by atoms with Crippen molar-refractivity contribution in [2.45, 2.75) is 11.5 Å². The van der Waals surface area contributed by atoms with Gasteiger partial charge in [-0.3, -0.25) is 0 Å². The van der Waals surface area contributed by atoms with Crippen LogP contribution in [0.5, 0.6) is 0 Å². The average molecular weight is 416 g/mol. The van der Waals surface area contributed by atoms with Crippen LogP contribution in [0.1, 0.15) is 22.3 Å². The Balaban J connectivity index is 1.77. The molecule has 0 radical (unpaired) electrons. The molecule has 1 unspecified atom stereocenters. The van der Waals surface area contributed by atoms with Gasteiger partial charge in [0, 0.05) is 0 Å². The predicted octanol–water partition coefficient (Wildman–Crippen LogP) is 5.28. The van der Waals surface area contributed by atoms with E-state index in [-0.39, 0.29) is 0 Å². The van der Waals surface area contributed by atoms with Crippen molar-refractivity contribution in [3.8, 4) is 0 Å². The first-order valence-corrected chi connectivity index (χ1v) is 11.2. The van der Waals surface area contributed by atoms with E-state index >= 15 is 0 Å². The van der Waals surface area contributed by atoms with Crippen molar-refractivity contribution in [2.75, 3.05) is 0 Å². The minimum absolute atomic E-state index is 0.609. The second-order valence-electron chi connectivity index (χ2n) is 6.13. The topological polar surface area (TPSA) is 0 Å². The molecule has 1 aliphatic rings. The van der Waals surface area contributed by atoms with Crippen molar-refractivity contribution in [2.24, 2.45) is 0 Å². The Labute approximate surface area is 154 Å². The molecule has 0 saturated heterocycles. The van der Waals surface area contributed by atoms with Crippen molar-refractivity contribution in [1.82, 2.24) is 0 Å². The van der Waals surface area contributed by atoms with Crippen molar-refractivity contribution in [3.63, 3.8) is 0 Å². The zero-order valence-electron chi connectivity index (χ0n) is 13.8. The van der Waals surface area contributed by atoms with E-state index in [0.717, 1.165) is 23.0 Å². The van der Waals surface area contributed by atoms with E-state index in [0.29, 0.717) is 0 Å². The molecule has 0 N–H and O–H groups in total. The second-order valence-corrected chi connectivity index (χ2v) is 10.3.